The van der Waals surface area contributed by atoms with Crippen molar-refractivity contribution in [3.05, 3.63) is 35.4 Å². The van der Waals surface area contributed by atoms with Crippen LogP contribution in [-0.2, 0) is 17.9 Å². The van der Waals surface area contributed by atoms with Crippen LogP contribution in [0.4, 0.5) is 0 Å². The quantitative estimate of drug-likeness (QED) is 0.387. The molecule has 1 aromatic rings. The number of amides is 1. The second-order valence-electron chi connectivity index (χ2n) is 5.81. The van der Waals surface area contributed by atoms with E-state index in [2.05, 4.69) is 41.6 Å². The number of nitrogens with zero attached hydrogens (tertiary/aromatic N) is 2. The number of halogens is 1. The largest absolute Gasteiger partial charge is 0.357 e. The van der Waals surface area contributed by atoms with Gasteiger partial charge in [-0.25, -0.2) is 4.99 Å². The fourth-order valence-electron chi connectivity index (χ4n) is 2.69. The molecule has 0 saturated carbocycles. The van der Waals surface area contributed by atoms with E-state index >= 15 is 0 Å². The van der Waals surface area contributed by atoms with E-state index in [0.717, 1.165) is 38.4 Å². The molecular weight excluding hydrogens is 415 g/mol. The highest BCUT2D eigenvalue weighted by Crippen LogP contribution is 2.17. The van der Waals surface area contributed by atoms with E-state index in [1.54, 1.807) is 0 Å². The van der Waals surface area contributed by atoms with Crippen LogP contribution in [0.3, 0.4) is 0 Å². The molecule has 2 rings (SSSR count). The van der Waals surface area contributed by atoms with E-state index < -0.39 is 0 Å². The second-order valence-corrected chi connectivity index (χ2v) is 5.81. The predicted molar refractivity (Wildman–Crippen MR) is 110 cm³/mol. The summed E-state index contributed by atoms with van der Waals surface area (Å²) in [5.74, 6) is 1.11. The van der Waals surface area contributed by atoms with Crippen molar-refractivity contribution >= 4 is 35.8 Å². The van der Waals surface area contributed by atoms with Crippen molar-refractivity contribution < 1.29 is 4.79 Å². The van der Waals surface area contributed by atoms with E-state index in [-0.39, 0.29) is 29.9 Å². The van der Waals surface area contributed by atoms with E-state index in [0.29, 0.717) is 19.5 Å². The number of aliphatic imine (C=N–C) groups is 1. The van der Waals surface area contributed by atoms with E-state index in [1.807, 2.05) is 17.0 Å². The van der Waals surface area contributed by atoms with Crippen LogP contribution >= 0.6 is 24.0 Å². The Morgan fingerprint density at radius 2 is 1.96 bits per heavy atom. The summed E-state index contributed by atoms with van der Waals surface area (Å²) in [4.78, 5) is 18.5. The lowest BCUT2D eigenvalue weighted by atomic mass is 10.1. The number of nitrogens with one attached hydrogen (secondary N) is 2. The molecule has 0 spiro atoms. The lowest BCUT2D eigenvalue weighted by Crippen LogP contribution is -2.37. The Morgan fingerprint density at radius 1 is 1.21 bits per heavy atom. The van der Waals surface area contributed by atoms with Crippen molar-refractivity contribution in [2.24, 2.45) is 4.99 Å². The Morgan fingerprint density at radius 3 is 2.58 bits per heavy atom. The fraction of sp³-hybridized carbons (Fsp3) is 0.556. The SMILES string of the molecule is CCCNC(=NCc1ccccc1CN1CCCC1=O)NCC.I. The Bertz CT molecular complexity index is 548. The van der Waals surface area contributed by atoms with Crippen molar-refractivity contribution in [2.45, 2.75) is 46.2 Å². The van der Waals surface area contributed by atoms with Gasteiger partial charge in [-0.05, 0) is 30.9 Å². The first-order valence-corrected chi connectivity index (χ1v) is 8.61. The van der Waals surface area contributed by atoms with Gasteiger partial charge in [0.15, 0.2) is 5.96 Å². The van der Waals surface area contributed by atoms with E-state index in [4.69, 9.17) is 0 Å². The molecule has 1 amide bonds. The van der Waals surface area contributed by atoms with Gasteiger partial charge in [-0.2, -0.15) is 0 Å². The van der Waals surface area contributed by atoms with Gasteiger partial charge in [0.1, 0.15) is 0 Å². The monoisotopic (exact) mass is 444 g/mol. The van der Waals surface area contributed by atoms with Crippen LogP contribution in [0.2, 0.25) is 0 Å². The van der Waals surface area contributed by atoms with Gasteiger partial charge in [0.05, 0.1) is 6.54 Å². The molecule has 0 unspecified atom stereocenters. The van der Waals surface area contributed by atoms with Crippen LogP contribution in [0.5, 0.6) is 0 Å². The minimum absolute atomic E-state index is 0. The number of benzene rings is 1. The minimum atomic E-state index is 0. The third-order valence-electron chi connectivity index (χ3n) is 3.95. The summed E-state index contributed by atoms with van der Waals surface area (Å²) in [5.41, 5.74) is 2.37. The number of carbonyl (C=O) groups excluding carboxylic acids is 1. The highest BCUT2D eigenvalue weighted by atomic mass is 127. The molecule has 0 atom stereocenters. The summed E-state index contributed by atoms with van der Waals surface area (Å²) in [5, 5.41) is 6.58. The number of carbonyl (C=O) groups is 1. The van der Waals surface area contributed by atoms with E-state index in [9.17, 15) is 4.79 Å². The Kier molecular flexibility index (Phi) is 9.75. The van der Waals surface area contributed by atoms with Crippen molar-refractivity contribution in [1.82, 2.24) is 15.5 Å². The van der Waals surface area contributed by atoms with Crippen molar-refractivity contribution in [3.63, 3.8) is 0 Å². The Balaban J connectivity index is 0.00000288. The van der Waals surface area contributed by atoms with Crippen molar-refractivity contribution in [3.8, 4) is 0 Å². The van der Waals surface area contributed by atoms with Crippen LogP contribution < -0.4 is 10.6 Å². The molecule has 0 aliphatic carbocycles. The molecule has 5 nitrogen and oxygen atoms in total. The number of rotatable bonds is 7. The zero-order valence-electron chi connectivity index (χ0n) is 14.7. The fourth-order valence-corrected chi connectivity index (χ4v) is 2.69. The lowest BCUT2D eigenvalue weighted by molar-refractivity contribution is -0.128. The average Bonchev–Trinajstić information content (AvgIpc) is 2.96. The summed E-state index contributed by atoms with van der Waals surface area (Å²) in [6, 6.07) is 8.27. The third-order valence-corrected chi connectivity index (χ3v) is 3.95. The zero-order valence-corrected chi connectivity index (χ0v) is 17.0. The smallest absolute Gasteiger partial charge is 0.222 e. The lowest BCUT2D eigenvalue weighted by Gasteiger charge is -2.18. The molecule has 6 heteroatoms. The molecule has 1 aromatic carbocycles. The highest BCUT2D eigenvalue weighted by Gasteiger charge is 2.20. The Hall–Kier alpha value is -1.31. The van der Waals surface area contributed by atoms with Crippen LogP contribution in [-0.4, -0.2) is 36.4 Å². The van der Waals surface area contributed by atoms with Gasteiger partial charge in [-0.15, -0.1) is 24.0 Å². The van der Waals surface area contributed by atoms with Gasteiger partial charge < -0.3 is 15.5 Å². The maximum atomic E-state index is 11.8. The van der Waals surface area contributed by atoms with Crippen molar-refractivity contribution in [1.29, 1.82) is 0 Å². The first-order chi connectivity index (χ1) is 11.2. The van der Waals surface area contributed by atoms with Gasteiger partial charge in [0.25, 0.3) is 0 Å². The molecular formula is C18H29IN4O. The third kappa shape index (κ3) is 6.30. The first kappa shape index (κ1) is 20.7. The maximum absolute atomic E-state index is 11.8. The number of likely N-dealkylation sites (tertiary alicyclic amines) is 1. The molecule has 1 heterocycles. The molecule has 2 N–H and O–H groups in total. The molecule has 1 aliphatic heterocycles. The molecule has 1 saturated heterocycles. The number of hydrogen-bond acceptors (Lipinski definition) is 2. The molecule has 0 radical (unpaired) electrons. The average molecular weight is 444 g/mol. The topological polar surface area (TPSA) is 56.7 Å². The van der Waals surface area contributed by atoms with Crippen LogP contribution in [0, 0.1) is 0 Å². The van der Waals surface area contributed by atoms with E-state index in [1.165, 1.54) is 11.1 Å². The summed E-state index contributed by atoms with van der Waals surface area (Å²) in [7, 11) is 0. The summed E-state index contributed by atoms with van der Waals surface area (Å²) in [6.07, 6.45) is 2.73. The summed E-state index contributed by atoms with van der Waals surface area (Å²) in [6.45, 7) is 8.15. The highest BCUT2D eigenvalue weighted by molar-refractivity contribution is 14.0. The van der Waals surface area contributed by atoms with Gasteiger partial charge in [0.2, 0.25) is 5.91 Å². The maximum Gasteiger partial charge on any atom is 0.222 e. The number of guanidine groups is 1. The molecule has 134 valence electrons. The molecule has 0 aromatic heterocycles. The second kappa shape index (κ2) is 11.3. The predicted octanol–water partition coefficient (Wildman–Crippen LogP) is 2.89. The molecule has 24 heavy (non-hydrogen) atoms. The zero-order chi connectivity index (χ0) is 16.5. The van der Waals surface area contributed by atoms with Crippen LogP contribution in [0.25, 0.3) is 0 Å². The van der Waals surface area contributed by atoms with Crippen LogP contribution in [0.15, 0.2) is 29.3 Å². The number of hydrogen-bond donors (Lipinski definition) is 2. The van der Waals surface area contributed by atoms with Crippen LogP contribution in [0.1, 0.15) is 44.2 Å². The first-order valence-electron chi connectivity index (χ1n) is 8.61. The van der Waals surface area contributed by atoms with Gasteiger partial charge in [0, 0.05) is 32.6 Å². The molecule has 0 bridgehead atoms. The molecule has 1 fully saturated rings. The van der Waals surface area contributed by atoms with Gasteiger partial charge in [-0.3, -0.25) is 4.79 Å². The summed E-state index contributed by atoms with van der Waals surface area (Å²) >= 11 is 0. The Labute approximate surface area is 162 Å². The van der Waals surface area contributed by atoms with Crippen molar-refractivity contribution in [2.75, 3.05) is 19.6 Å². The normalized spacial score (nSPS) is 14.5. The van der Waals surface area contributed by atoms with Gasteiger partial charge >= 0.3 is 0 Å². The summed E-state index contributed by atoms with van der Waals surface area (Å²) < 4.78 is 0. The molecule has 1 aliphatic rings. The minimum Gasteiger partial charge on any atom is -0.357 e. The van der Waals surface area contributed by atoms with Gasteiger partial charge in [-0.1, -0.05) is 31.2 Å². The standard InChI is InChI=1S/C18H28N4O.HI/c1-3-11-20-18(19-4-2)21-13-15-8-5-6-9-16(15)14-22-12-7-10-17(22)23;/h5-6,8-9H,3-4,7,10-14H2,1-2H3,(H2,19,20,21);1H.